The number of hydrogen-bond donors (Lipinski definition) is 4. The average Bonchev–Trinajstić information content (AvgIpc) is 0.745. The number of nitrogens with zero attached hydrogens (tertiary/aromatic N) is 4. The summed E-state index contributed by atoms with van der Waals surface area (Å²) in [6.45, 7) is 22.2. The molecule has 11 nitrogen and oxygen atoms in total. The number of hydrogen-bond acceptors (Lipinski definition) is 11. The summed E-state index contributed by atoms with van der Waals surface area (Å²) < 4.78 is 21.9. The van der Waals surface area contributed by atoms with Crippen molar-refractivity contribution in [2.45, 2.75) is 90.5 Å². The summed E-state index contributed by atoms with van der Waals surface area (Å²) in [6.07, 6.45) is 12.7. The number of phenols is 1. The van der Waals surface area contributed by atoms with E-state index in [1.54, 1.807) is 30.9 Å². The molecule has 0 aliphatic rings. The first-order valence-electron chi connectivity index (χ1n) is 40.9. The van der Waals surface area contributed by atoms with E-state index in [1.807, 2.05) is 110 Å². The lowest BCUT2D eigenvalue weighted by Gasteiger charge is -2.43. The number of aromatic nitrogens is 3. The maximum Gasteiger partial charge on any atom is 0.319 e. The molecule has 17 aromatic rings. The van der Waals surface area contributed by atoms with Gasteiger partial charge in [-0.2, -0.15) is 0 Å². The number of nitrogens with one attached hydrogen (secondary N) is 2. The fourth-order valence-electron chi connectivity index (χ4n) is 16.3. The maximum absolute atomic E-state index is 9.84. The highest BCUT2D eigenvalue weighted by Gasteiger charge is 2.55. The summed E-state index contributed by atoms with van der Waals surface area (Å²) >= 11 is 0. The van der Waals surface area contributed by atoms with Crippen molar-refractivity contribution in [2.24, 2.45) is 4.99 Å². The summed E-state index contributed by atoms with van der Waals surface area (Å²) in [7, 11) is -8.13. The monoisotopic (exact) mass is 1620 g/mol. The van der Waals surface area contributed by atoms with Crippen LogP contribution in [0.1, 0.15) is 79.0 Å². The molecule has 5 N–H and O–H groups in total. The SMILES string of the molecule is CC(C)(C)[Si](Oc1cccc2c(N)cccc12)(c1ccccc1)c1ccccc1.CC(C)(C)[Si](Oc1cccc2c(N=Cc3ccncc3)cccc12)(c1ccccc1)c1ccccc1.CC(C)(C)[Si](Oc1cccc2c(NCc3ccncc3)cccc12)(c1ccccc1)c1ccccc1.Oc1cccc2c(NCc3ccncc3)cccc12. The Hall–Kier alpha value is -13.5. The van der Waals surface area contributed by atoms with Crippen molar-refractivity contribution in [3.63, 3.8) is 0 Å². The predicted octanol–water partition coefficient (Wildman–Crippen LogP) is 22.6. The van der Waals surface area contributed by atoms with Gasteiger partial charge in [0.1, 0.15) is 23.0 Å². The number of nitrogen functional groups attached to an aromatic ring is 1. The van der Waals surface area contributed by atoms with Gasteiger partial charge in [-0.3, -0.25) is 19.9 Å². The van der Waals surface area contributed by atoms with Gasteiger partial charge in [-0.1, -0.05) is 341 Å². The largest absolute Gasteiger partial charge is 0.534 e. The van der Waals surface area contributed by atoms with Crippen LogP contribution < -0.4 is 60.8 Å². The van der Waals surface area contributed by atoms with Crippen LogP contribution >= 0.6 is 0 Å². The van der Waals surface area contributed by atoms with Gasteiger partial charge in [0.15, 0.2) is 0 Å². The van der Waals surface area contributed by atoms with Gasteiger partial charge in [0.25, 0.3) is 0 Å². The average molecular weight is 1620 g/mol. The summed E-state index contributed by atoms with van der Waals surface area (Å²) in [4.78, 5) is 17.0. The molecule has 0 aliphatic carbocycles. The molecule has 0 saturated carbocycles. The van der Waals surface area contributed by atoms with E-state index in [-0.39, 0.29) is 15.1 Å². The molecule has 120 heavy (non-hydrogen) atoms. The van der Waals surface area contributed by atoms with E-state index in [4.69, 9.17) is 24.0 Å². The second kappa shape index (κ2) is 37.4. The van der Waals surface area contributed by atoms with Crippen molar-refractivity contribution in [1.29, 1.82) is 0 Å². The molecule has 0 radical (unpaired) electrons. The number of aliphatic imine (C=N–C) groups is 1. The number of pyridine rings is 3. The minimum Gasteiger partial charge on any atom is -0.534 e. The smallest absolute Gasteiger partial charge is 0.319 e. The highest BCUT2D eigenvalue weighted by molar-refractivity contribution is 7.01. The Kier molecular flexibility index (Phi) is 25.9. The molecule has 0 saturated heterocycles. The topological polar surface area (TPSA) is 149 Å². The molecule has 3 heterocycles. The lowest BCUT2D eigenvalue weighted by Crippen LogP contribution is -2.68. The van der Waals surface area contributed by atoms with Crippen molar-refractivity contribution in [1.82, 2.24) is 15.0 Å². The number of rotatable bonds is 20. The van der Waals surface area contributed by atoms with Crippen LogP contribution in [0, 0.1) is 0 Å². The molecular weight excluding hydrogens is 1520 g/mol. The minimum absolute atomic E-state index is 0.0851. The van der Waals surface area contributed by atoms with Gasteiger partial charge in [0.2, 0.25) is 0 Å². The molecule has 14 heteroatoms. The van der Waals surface area contributed by atoms with E-state index in [0.29, 0.717) is 5.75 Å². The molecule has 0 atom stereocenters. The Morgan fingerprint density at radius 2 is 0.583 bits per heavy atom. The van der Waals surface area contributed by atoms with Crippen molar-refractivity contribution >= 4 is 128 Å². The lowest BCUT2D eigenvalue weighted by atomic mass is 10.1. The Bertz CT molecular complexity index is 6110. The van der Waals surface area contributed by atoms with E-state index in [1.165, 1.54) is 42.2 Å². The van der Waals surface area contributed by atoms with Crippen LogP contribution in [0.15, 0.2) is 406 Å². The van der Waals surface area contributed by atoms with Gasteiger partial charge < -0.3 is 34.8 Å². The first-order chi connectivity index (χ1) is 58.3. The lowest BCUT2D eigenvalue weighted by molar-refractivity contribution is 0.481. The maximum atomic E-state index is 9.84. The highest BCUT2D eigenvalue weighted by atomic mass is 28.4. The number of anilines is 3. The van der Waals surface area contributed by atoms with Crippen LogP contribution in [0.4, 0.5) is 22.7 Å². The molecule has 0 bridgehead atoms. The standard InChI is InChI=1S/C32H32N2OSi.C32H30N2OSi.C26H27NOSi.C16H14N2O/c2*1-32(2,3)36(26-12-6-4-7-13-26,27-14-8-5-9-15-27)35-31-19-11-16-28-29(31)17-10-18-30(28)34-24-25-20-22-33-23-21-25;1-26(2,3)29(20-12-6-4-7-13-20,21-14-8-5-9-15-21)28-25-19-11-16-22-23(25)17-10-18-24(22)27;19-16-6-2-3-13-14(16)4-1-5-15(13)18-11-12-7-9-17-10-8-12/h4-23,34H,24H2,1-3H3;4-24H,1-3H3;4-19H,27H2,1-3H3;1-10,18-19H,11H2. The Morgan fingerprint density at radius 1 is 0.300 bits per heavy atom. The minimum atomic E-state index is -2.74. The molecule has 0 unspecified atom stereocenters. The van der Waals surface area contributed by atoms with Gasteiger partial charge in [-0.25, -0.2) is 0 Å². The molecule has 14 aromatic carbocycles. The summed E-state index contributed by atoms with van der Waals surface area (Å²) in [5, 5.41) is 32.5. The van der Waals surface area contributed by atoms with Crippen LogP contribution in [0.3, 0.4) is 0 Å². The van der Waals surface area contributed by atoms with Crippen LogP contribution in [0.2, 0.25) is 15.1 Å². The number of phenolic OH excluding ortho intramolecular Hbond substituents is 1. The van der Waals surface area contributed by atoms with Crippen molar-refractivity contribution < 1.29 is 18.4 Å². The zero-order valence-electron chi connectivity index (χ0n) is 69.6. The van der Waals surface area contributed by atoms with Crippen LogP contribution in [-0.2, 0) is 13.1 Å². The van der Waals surface area contributed by atoms with Crippen LogP contribution in [0.5, 0.6) is 23.0 Å². The molecule has 0 fully saturated rings. The third kappa shape index (κ3) is 18.3. The van der Waals surface area contributed by atoms with Gasteiger partial charge in [0.05, 0.1) is 5.69 Å². The summed E-state index contributed by atoms with van der Waals surface area (Å²) in [6, 6.07) is 125. The van der Waals surface area contributed by atoms with E-state index in [2.05, 4.69) is 355 Å². The van der Waals surface area contributed by atoms with Gasteiger partial charge in [-0.05, 0) is 148 Å². The molecule has 0 aliphatic heterocycles. The van der Waals surface area contributed by atoms with Crippen molar-refractivity contribution in [3.05, 3.63) is 418 Å². The normalized spacial score (nSPS) is 11.8. The van der Waals surface area contributed by atoms with Gasteiger partial charge in [0, 0.05) is 117 Å². The summed E-state index contributed by atoms with van der Waals surface area (Å²) in [5.41, 5.74) is 13.4. The third-order valence-electron chi connectivity index (χ3n) is 22.1. The number of nitrogens with two attached hydrogens (primary N) is 1. The number of aromatic hydroxyl groups is 1. The molecule has 0 spiro atoms. The molecule has 598 valence electrons. The van der Waals surface area contributed by atoms with E-state index >= 15 is 0 Å². The fourth-order valence-corrected chi connectivity index (χ4v) is 29.6. The molecule has 0 amide bonds. The van der Waals surface area contributed by atoms with E-state index in [9.17, 15) is 5.11 Å². The Labute approximate surface area is 709 Å². The Balaban J connectivity index is 0.000000134. The zero-order valence-corrected chi connectivity index (χ0v) is 72.6. The van der Waals surface area contributed by atoms with Crippen molar-refractivity contribution in [2.75, 3.05) is 16.4 Å². The van der Waals surface area contributed by atoms with Gasteiger partial charge >= 0.3 is 25.0 Å². The number of benzene rings is 14. The summed E-state index contributed by atoms with van der Waals surface area (Å²) in [5.74, 6) is 3.02. The predicted molar refractivity (Wildman–Crippen MR) is 511 cm³/mol. The molecular formula is C106H103N7O4Si3. The van der Waals surface area contributed by atoms with Crippen LogP contribution in [0.25, 0.3) is 43.1 Å². The van der Waals surface area contributed by atoms with Gasteiger partial charge in [-0.15, -0.1) is 0 Å². The third-order valence-corrected chi connectivity index (χ3v) is 36.9. The second-order valence-corrected chi connectivity index (χ2v) is 45.6. The van der Waals surface area contributed by atoms with E-state index in [0.717, 1.165) is 102 Å². The van der Waals surface area contributed by atoms with Crippen molar-refractivity contribution in [3.8, 4) is 23.0 Å². The molecule has 17 rings (SSSR count). The van der Waals surface area contributed by atoms with Crippen LogP contribution in [-0.4, -0.2) is 51.2 Å². The fraction of sp³-hybridized carbons (Fsp3) is 0.132. The highest BCUT2D eigenvalue weighted by Crippen LogP contribution is 2.45. The zero-order chi connectivity index (χ0) is 83.6. The first kappa shape index (κ1) is 83.0. The Morgan fingerprint density at radius 3 is 0.958 bits per heavy atom. The second-order valence-electron chi connectivity index (χ2n) is 32.9. The first-order valence-corrected chi connectivity index (χ1v) is 46.6. The molecule has 3 aromatic heterocycles. The quantitative estimate of drug-likeness (QED) is 0.0330. The van der Waals surface area contributed by atoms with E-state index < -0.39 is 25.0 Å². The number of fused-ring (bicyclic) bond motifs is 4.